The first-order valence-corrected chi connectivity index (χ1v) is 10.7. The van der Waals surface area contributed by atoms with E-state index < -0.39 is 42.9 Å². The number of nitrogens with zero attached hydrogens (tertiary/aromatic N) is 2. The minimum absolute atomic E-state index is 0.0387. The number of amides is 1. The minimum atomic E-state index is -4.41. The van der Waals surface area contributed by atoms with Gasteiger partial charge in [0.05, 0.1) is 21.8 Å². The predicted molar refractivity (Wildman–Crippen MR) is 115 cm³/mol. The van der Waals surface area contributed by atoms with Crippen molar-refractivity contribution in [3.63, 3.8) is 0 Å². The summed E-state index contributed by atoms with van der Waals surface area (Å²) in [5, 5.41) is 3.23. The molecule has 0 saturated carbocycles. The van der Waals surface area contributed by atoms with Crippen LogP contribution in [0.3, 0.4) is 0 Å². The molecular weight excluding hydrogens is 536 g/mol. The van der Waals surface area contributed by atoms with Gasteiger partial charge in [-0.25, -0.2) is 13.6 Å². The number of fused-ring (bicyclic) bond motifs is 1. The molecule has 31 heavy (non-hydrogen) atoms. The quantitative estimate of drug-likeness (QED) is 0.379. The standard InChI is InChI=1S/C20H23F5IN3O2/c1-18(2,3)31-17(30)28-8-7-15(19(21,22)10-28)27-13-5-4-6-14-12(13)9-16(26)29(14)11-20(23,24)25/h4-6,9,15,27H,7-8,10-11H2,1-3H3/t15-/m1/s1. The third-order valence-corrected chi connectivity index (χ3v) is 5.71. The van der Waals surface area contributed by atoms with Gasteiger partial charge < -0.3 is 19.5 Å². The van der Waals surface area contributed by atoms with Gasteiger partial charge in [-0.15, -0.1) is 0 Å². The van der Waals surface area contributed by atoms with Gasteiger partial charge in [0.2, 0.25) is 0 Å². The highest BCUT2D eigenvalue weighted by atomic mass is 127. The number of carbonyl (C=O) groups excluding carboxylic acids is 1. The molecule has 1 atom stereocenters. The molecule has 1 fully saturated rings. The highest BCUT2D eigenvalue weighted by Crippen LogP contribution is 2.35. The number of hydrogen-bond donors (Lipinski definition) is 1. The molecular formula is C20H23F5IN3O2. The lowest BCUT2D eigenvalue weighted by Crippen LogP contribution is -2.56. The number of anilines is 1. The summed E-state index contributed by atoms with van der Waals surface area (Å²) in [6, 6.07) is 4.88. The van der Waals surface area contributed by atoms with Crippen LogP contribution in [-0.2, 0) is 11.3 Å². The fourth-order valence-corrected chi connectivity index (χ4v) is 4.25. The molecule has 172 valence electrons. The van der Waals surface area contributed by atoms with Gasteiger partial charge >= 0.3 is 12.3 Å². The molecule has 1 N–H and O–H groups in total. The summed E-state index contributed by atoms with van der Waals surface area (Å²) in [5.41, 5.74) is -0.161. The molecule has 0 bridgehead atoms. The summed E-state index contributed by atoms with van der Waals surface area (Å²) in [7, 11) is 0. The van der Waals surface area contributed by atoms with Crippen LogP contribution in [-0.4, -0.2) is 52.4 Å². The third kappa shape index (κ3) is 5.72. The first kappa shape index (κ1) is 23.9. The lowest BCUT2D eigenvalue weighted by atomic mass is 10.00. The molecule has 1 aromatic carbocycles. The Balaban J connectivity index is 1.80. The number of likely N-dealkylation sites (tertiary alicyclic amines) is 1. The van der Waals surface area contributed by atoms with Crippen molar-refractivity contribution in [1.82, 2.24) is 9.47 Å². The zero-order valence-electron chi connectivity index (χ0n) is 17.2. The van der Waals surface area contributed by atoms with E-state index in [9.17, 15) is 26.7 Å². The van der Waals surface area contributed by atoms with E-state index in [1.54, 1.807) is 49.4 Å². The topological polar surface area (TPSA) is 46.5 Å². The van der Waals surface area contributed by atoms with Crippen molar-refractivity contribution in [2.24, 2.45) is 0 Å². The van der Waals surface area contributed by atoms with Crippen LogP contribution in [0, 0.1) is 3.70 Å². The molecule has 2 heterocycles. The van der Waals surface area contributed by atoms with Crippen LogP contribution in [0.25, 0.3) is 10.9 Å². The van der Waals surface area contributed by atoms with Gasteiger partial charge in [0.15, 0.2) is 0 Å². The molecule has 0 aliphatic carbocycles. The number of piperidine rings is 1. The van der Waals surface area contributed by atoms with Gasteiger partial charge in [0, 0.05) is 17.6 Å². The molecule has 0 unspecified atom stereocenters. The van der Waals surface area contributed by atoms with Crippen molar-refractivity contribution in [3.8, 4) is 0 Å². The van der Waals surface area contributed by atoms with E-state index in [1.165, 1.54) is 18.2 Å². The Kier molecular flexibility index (Phi) is 6.38. The van der Waals surface area contributed by atoms with Crippen LogP contribution < -0.4 is 5.32 Å². The molecule has 1 aliphatic heterocycles. The maximum atomic E-state index is 14.8. The van der Waals surface area contributed by atoms with Crippen molar-refractivity contribution in [1.29, 1.82) is 0 Å². The Morgan fingerprint density at radius 2 is 1.97 bits per heavy atom. The number of rotatable bonds is 3. The number of carbonyl (C=O) groups is 1. The number of ether oxygens (including phenoxy) is 1. The Bertz CT molecular complexity index is 968. The molecule has 3 rings (SSSR count). The number of benzene rings is 1. The first-order chi connectivity index (χ1) is 14.2. The van der Waals surface area contributed by atoms with Crippen LogP contribution in [0.5, 0.6) is 0 Å². The molecule has 0 spiro atoms. The van der Waals surface area contributed by atoms with Crippen LogP contribution in [0.15, 0.2) is 24.3 Å². The van der Waals surface area contributed by atoms with Crippen LogP contribution >= 0.6 is 22.6 Å². The smallest absolute Gasteiger partial charge is 0.410 e. The Labute approximate surface area is 190 Å². The monoisotopic (exact) mass is 559 g/mol. The van der Waals surface area contributed by atoms with Crippen LogP contribution in [0.1, 0.15) is 27.2 Å². The third-order valence-electron chi connectivity index (χ3n) is 4.81. The molecule has 11 heteroatoms. The maximum absolute atomic E-state index is 14.8. The highest BCUT2D eigenvalue weighted by molar-refractivity contribution is 14.1. The average molecular weight is 559 g/mol. The number of nitrogens with one attached hydrogen (secondary N) is 1. The molecule has 5 nitrogen and oxygen atoms in total. The molecule has 0 radical (unpaired) electrons. The average Bonchev–Trinajstić information content (AvgIpc) is 2.90. The summed E-state index contributed by atoms with van der Waals surface area (Å²) in [6.07, 6.45) is -5.24. The summed E-state index contributed by atoms with van der Waals surface area (Å²) < 4.78 is 75.1. The van der Waals surface area contributed by atoms with Crippen LogP contribution in [0.2, 0.25) is 0 Å². The van der Waals surface area contributed by atoms with E-state index in [0.717, 1.165) is 9.47 Å². The summed E-state index contributed by atoms with van der Waals surface area (Å²) in [6.45, 7) is 3.08. The van der Waals surface area contributed by atoms with Crippen molar-refractivity contribution in [2.45, 2.75) is 57.5 Å². The predicted octanol–water partition coefficient (Wildman–Crippen LogP) is 5.86. The molecule has 1 amide bonds. The Morgan fingerprint density at radius 1 is 1.29 bits per heavy atom. The van der Waals surface area contributed by atoms with Gasteiger partial charge in [0.1, 0.15) is 12.1 Å². The molecule has 1 aliphatic rings. The Hall–Kier alpha value is -1.79. The lowest BCUT2D eigenvalue weighted by molar-refractivity contribution is -0.140. The van der Waals surface area contributed by atoms with E-state index in [1.807, 2.05) is 0 Å². The lowest BCUT2D eigenvalue weighted by Gasteiger charge is -2.39. The van der Waals surface area contributed by atoms with Gasteiger partial charge in [-0.2, -0.15) is 13.2 Å². The molecule has 2 aromatic rings. The van der Waals surface area contributed by atoms with E-state index in [2.05, 4.69) is 5.32 Å². The second-order valence-electron chi connectivity index (χ2n) is 8.56. The summed E-state index contributed by atoms with van der Waals surface area (Å²) in [4.78, 5) is 13.1. The fourth-order valence-electron chi connectivity index (χ4n) is 3.51. The van der Waals surface area contributed by atoms with Crippen molar-refractivity contribution in [3.05, 3.63) is 28.0 Å². The second kappa shape index (κ2) is 8.28. The number of hydrogen-bond acceptors (Lipinski definition) is 3. The number of aromatic nitrogens is 1. The van der Waals surface area contributed by atoms with Crippen molar-refractivity contribution < 1.29 is 31.5 Å². The fraction of sp³-hybridized carbons (Fsp3) is 0.550. The summed E-state index contributed by atoms with van der Waals surface area (Å²) >= 11 is 1.80. The zero-order chi connectivity index (χ0) is 23.2. The van der Waals surface area contributed by atoms with E-state index in [4.69, 9.17) is 4.74 Å². The van der Waals surface area contributed by atoms with E-state index in [-0.39, 0.29) is 13.0 Å². The Morgan fingerprint density at radius 3 is 2.55 bits per heavy atom. The number of halogens is 6. The highest BCUT2D eigenvalue weighted by Gasteiger charge is 2.47. The first-order valence-electron chi connectivity index (χ1n) is 9.63. The van der Waals surface area contributed by atoms with Crippen LogP contribution in [0.4, 0.5) is 32.4 Å². The van der Waals surface area contributed by atoms with E-state index >= 15 is 0 Å². The second-order valence-corrected chi connectivity index (χ2v) is 9.66. The SMILES string of the molecule is CC(C)(C)OC(=O)N1CC[C@@H](Nc2cccc3c2cc(I)n3CC(F)(F)F)C(F)(F)C1. The normalized spacial score (nSPS) is 19.5. The minimum Gasteiger partial charge on any atom is -0.444 e. The van der Waals surface area contributed by atoms with E-state index in [0.29, 0.717) is 20.3 Å². The van der Waals surface area contributed by atoms with Gasteiger partial charge in [-0.05, 0) is 68.0 Å². The van der Waals surface area contributed by atoms with Gasteiger partial charge in [0.25, 0.3) is 5.92 Å². The zero-order valence-corrected chi connectivity index (χ0v) is 19.4. The van der Waals surface area contributed by atoms with Crippen molar-refractivity contribution >= 4 is 45.3 Å². The largest absolute Gasteiger partial charge is 0.444 e. The maximum Gasteiger partial charge on any atom is 0.410 e. The molecule has 1 aromatic heterocycles. The van der Waals surface area contributed by atoms with Gasteiger partial charge in [-0.3, -0.25) is 0 Å². The van der Waals surface area contributed by atoms with Crippen molar-refractivity contribution in [2.75, 3.05) is 18.4 Å². The van der Waals surface area contributed by atoms with Gasteiger partial charge in [-0.1, -0.05) is 6.07 Å². The molecule has 1 saturated heterocycles. The summed E-state index contributed by atoms with van der Waals surface area (Å²) in [5.74, 6) is -3.25. The number of alkyl halides is 5.